The zero-order chi connectivity index (χ0) is 11.0. The van der Waals surface area contributed by atoms with E-state index >= 15 is 0 Å². The fourth-order valence-electron chi connectivity index (χ4n) is 1.74. The molecule has 0 N–H and O–H groups in total. The zero-order valence-electron chi connectivity index (χ0n) is 8.25. The van der Waals surface area contributed by atoms with Crippen molar-refractivity contribution < 1.29 is 0 Å². The summed E-state index contributed by atoms with van der Waals surface area (Å²) in [6.07, 6.45) is 4.99. The van der Waals surface area contributed by atoms with Gasteiger partial charge in [0.1, 0.15) is 23.8 Å². The number of rotatable bonds is 0. The van der Waals surface area contributed by atoms with Gasteiger partial charge in [-0.25, -0.2) is 9.97 Å². The van der Waals surface area contributed by atoms with Gasteiger partial charge in [-0.3, -0.25) is 4.98 Å². The maximum Gasteiger partial charge on any atom is 0.116 e. The van der Waals surface area contributed by atoms with Crippen LogP contribution in [0.15, 0.2) is 36.9 Å². The molecule has 1 aliphatic carbocycles. The van der Waals surface area contributed by atoms with Crippen LogP contribution in [0.25, 0.3) is 22.5 Å². The average molecular weight is 206 g/mol. The molecule has 0 unspecified atom stereocenters. The van der Waals surface area contributed by atoms with Crippen LogP contribution in [0.2, 0.25) is 0 Å². The van der Waals surface area contributed by atoms with Crippen molar-refractivity contribution in [3.8, 4) is 28.6 Å². The van der Waals surface area contributed by atoms with Crippen molar-refractivity contribution in [2.45, 2.75) is 0 Å². The summed E-state index contributed by atoms with van der Waals surface area (Å²) in [6, 6.07) is 7.61. The van der Waals surface area contributed by atoms with Crippen molar-refractivity contribution in [2.75, 3.05) is 0 Å². The monoisotopic (exact) mass is 206 g/mol. The van der Waals surface area contributed by atoms with Gasteiger partial charge in [-0.1, -0.05) is 12.1 Å². The Kier molecular flexibility index (Phi) is 1.77. The molecule has 2 heterocycles. The highest BCUT2D eigenvalue weighted by molar-refractivity contribution is 5.81. The topological polar surface area (TPSA) is 62.5 Å². The van der Waals surface area contributed by atoms with Crippen LogP contribution in [-0.2, 0) is 0 Å². The Labute approximate surface area is 91.9 Å². The van der Waals surface area contributed by atoms with Gasteiger partial charge in [0.25, 0.3) is 0 Å². The van der Waals surface area contributed by atoms with Gasteiger partial charge >= 0.3 is 0 Å². The lowest BCUT2D eigenvalue weighted by Crippen LogP contribution is -1.85. The quantitative estimate of drug-likeness (QED) is 0.564. The van der Waals surface area contributed by atoms with Gasteiger partial charge in [0, 0.05) is 23.5 Å². The van der Waals surface area contributed by atoms with E-state index < -0.39 is 0 Å². The second kappa shape index (κ2) is 3.24. The molecule has 0 aromatic heterocycles. The molecule has 0 aromatic rings. The molecule has 0 saturated carbocycles. The lowest BCUT2D eigenvalue weighted by Gasteiger charge is -2.00. The van der Waals surface area contributed by atoms with E-state index in [4.69, 9.17) is 5.26 Å². The summed E-state index contributed by atoms with van der Waals surface area (Å²) >= 11 is 0. The number of aromatic nitrogens is 3. The second-order valence-corrected chi connectivity index (χ2v) is 3.40. The Morgan fingerprint density at radius 2 is 1.94 bits per heavy atom. The predicted octanol–water partition coefficient (Wildman–Crippen LogP) is 1.95. The SMILES string of the molecule is N#Cc1cccc2cncc-2c2ncnc1-2. The number of nitriles is 1. The largest absolute Gasteiger partial charge is 0.263 e. The minimum absolute atomic E-state index is 0.524. The summed E-state index contributed by atoms with van der Waals surface area (Å²) in [5, 5.41) is 9.04. The third-order valence-electron chi connectivity index (χ3n) is 2.50. The van der Waals surface area contributed by atoms with Crippen LogP contribution in [0.1, 0.15) is 5.56 Å². The molecule has 3 rings (SSSR count). The molecule has 0 amide bonds. The summed E-state index contributed by atoms with van der Waals surface area (Å²) in [6.45, 7) is 0. The van der Waals surface area contributed by atoms with Gasteiger partial charge in [0.05, 0.1) is 5.56 Å². The molecule has 3 aliphatic rings. The molecule has 0 fully saturated rings. The lowest BCUT2D eigenvalue weighted by molar-refractivity contribution is 1.33. The lowest BCUT2D eigenvalue weighted by atomic mass is 10.0. The first-order chi connectivity index (χ1) is 7.90. The molecule has 16 heavy (non-hydrogen) atoms. The highest BCUT2D eigenvalue weighted by Gasteiger charge is 2.16. The fraction of sp³-hybridized carbons (Fsp3) is 0. The average Bonchev–Trinajstić information content (AvgIpc) is 2.89. The highest BCUT2D eigenvalue weighted by Crippen LogP contribution is 2.31. The summed E-state index contributed by atoms with van der Waals surface area (Å²) in [5.74, 6) is 0. The van der Waals surface area contributed by atoms with Crippen LogP contribution in [0.3, 0.4) is 0 Å². The number of hydrogen-bond acceptors (Lipinski definition) is 4. The van der Waals surface area contributed by atoms with Crippen molar-refractivity contribution in [1.82, 2.24) is 15.0 Å². The van der Waals surface area contributed by atoms with Crippen LogP contribution in [0.5, 0.6) is 0 Å². The number of imidazole rings is 1. The first kappa shape index (κ1) is 8.74. The molecule has 0 spiro atoms. The van der Waals surface area contributed by atoms with Crippen LogP contribution in [0.4, 0.5) is 0 Å². The normalized spacial score (nSPS) is 10.4. The molecule has 0 aromatic carbocycles. The van der Waals surface area contributed by atoms with Gasteiger partial charge in [0.2, 0.25) is 0 Å². The summed E-state index contributed by atoms with van der Waals surface area (Å²) in [7, 11) is 0. The standard InChI is InChI=1S/C12H6N4/c13-4-8-2-1-3-9-5-14-6-10(9)12-11(8)15-7-16-12/h1-3,5-7H. The van der Waals surface area contributed by atoms with Crippen molar-refractivity contribution in [3.05, 3.63) is 42.5 Å². The third kappa shape index (κ3) is 1.12. The molecule has 0 radical (unpaired) electrons. The zero-order valence-corrected chi connectivity index (χ0v) is 8.25. The smallest absolute Gasteiger partial charge is 0.116 e. The van der Waals surface area contributed by atoms with Gasteiger partial charge in [0.15, 0.2) is 0 Å². The van der Waals surface area contributed by atoms with Gasteiger partial charge in [-0.2, -0.15) is 5.26 Å². The van der Waals surface area contributed by atoms with Crippen molar-refractivity contribution in [3.63, 3.8) is 0 Å². The van der Waals surface area contributed by atoms with E-state index in [0.717, 1.165) is 16.8 Å². The molecule has 0 atom stereocenters. The van der Waals surface area contributed by atoms with Crippen LogP contribution >= 0.6 is 0 Å². The summed E-state index contributed by atoms with van der Waals surface area (Å²) in [4.78, 5) is 12.4. The molecule has 0 saturated heterocycles. The molecule has 0 bridgehead atoms. The van der Waals surface area contributed by atoms with Gasteiger partial charge in [-0.05, 0) is 6.07 Å². The molecule has 2 aliphatic heterocycles. The molecule has 74 valence electrons. The van der Waals surface area contributed by atoms with Crippen molar-refractivity contribution >= 4 is 0 Å². The van der Waals surface area contributed by atoms with Crippen molar-refractivity contribution in [1.29, 1.82) is 5.26 Å². The van der Waals surface area contributed by atoms with E-state index in [1.54, 1.807) is 18.5 Å². The first-order valence-corrected chi connectivity index (χ1v) is 4.77. The maximum absolute atomic E-state index is 9.04. The fourth-order valence-corrected chi connectivity index (χ4v) is 1.74. The van der Waals surface area contributed by atoms with E-state index in [9.17, 15) is 0 Å². The third-order valence-corrected chi connectivity index (χ3v) is 2.50. The Bertz CT molecular complexity index is 641. The number of fused-ring (bicyclic) bond motifs is 3. The molecule has 4 nitrogen and oxygen atoms in total. The maximum atomic E-state index is 9.04. The van der Waals surface area contributed by atoms with E-state index in [2.05, 4.69) is 21.0 Å². The summed E-state index contributed by atoms with van der Waals surface area (Å²) in [5.41, 5.74) is 3.79. The second-order valence-electron chi connectivity index (χ2n) is 3.40. The molecular weight excluding hydrogens is 200 g/mol. The number of nitrogens with zero attached hydrogens (tertiary/aromatic N) is 4. The summed E-state index contributed by atoms with van der Waals surface area (Å²) < 4.78 is 0. The Balaban J connectivity index is 2.45. The van der Waals surface area contributed by atoms with Crippen LogP contribution in [-0.4, -0.2) is 15.0 Å². The van der Waals surface area contributed by atoms with E-state index in [-0.39, 0.29) is 0 Å². The van der Waals surface area contributed by atoms with Crippen molar-refractivity contribution in [2.24, 2.45) is 0 Å². The van der Waals surface area contributed by atoms with E-state index in [0.29, 0.717) is 11.3 Å². The minimum Gasteiger partial charge on any atom is -0.263 e. The Morgan fingerprint density at radius 3 is 2.81 bits per heavy atom. The van der Waals surface area contributed by atoms with Crippen LogP contribution in [0, 0.1) is 11.3 Å². The Morgan fingerprint density at radius 1 is 1.06 bits per heavy atom. The van der Waals surface area contributed by atoms with Gasteiger partial charge < -0.3 is 0 Å². The first-order valence-electron chi connectivity index (χ1n) is 4.77. The minimum atomic E-state index is 0.524. The van der Waals surface area contributed by atoms with E-state index in [1.165, 1.54) is 6.33 Å². The highest BCUT2D eigenvalue weighted by atomic mass is 14.9. The Hall–Kier alpha value is -2.54. The van der Waals surface area contributed by atoms with Crippen LogP contribution < -0.4 is 0 Å². The van der Waals surface area contributed by atoms with Gasteiger partial charge in [-0.15, -0.1) is 0 Å². The molecular formula is C12H6N4. The molecule has 4 heteroatoms. The number of hydrogen-bond donors (Lipinski definition) is 0. The van der Waals surface area contributed by atoms with E-state index in [1.807, 2.05) is 12.1 Å². The predicted molar refractivity (Wildman–Crippen MR) is 57.8 cm³/mol.